The first kappa shape index (κ1) is 10.1. The largest absolute Gasteiger partial charge is 0.206 e. The highest BCUT2D eigenvalue weighted by atomic mass is 19.1. The minimum Gasteiger partial charge on any atom is -0.206 e. The van der Waals surface area contributed by atoms with Gasteiger partial charge in [-0.25, -0.2) is 13.2 Å². The minimum atomic E-state index is -0.755. The van der Waals surface area contributed by atoms with Crippen LogP contribution < -0.4 is 0 Å². The van der Waals surface area contributed by atoms with E-state index >= 15 is 0 Å². The van der Waals surface area contributed by atoms with Gasteiger partial charge in [0.05, 0.1) is 0 Å². The molecule has 0 unspecified atom stereocenters. The molecule has 0 spiro atoms. The predicted molar refractivity (Wildman–Crippen MR) is 59.0 cm³/mol. The van der Waals surface area contributed by atoms with Crippen LogP contribution in [0.5, 0.6) is 0 Å². The zero-order valence-electron chi connectivity index (χ0n) is 8.52. The second-order valence-corrected chi connectivity index (χ2v) is 3.70. The van der Waals surface area contributed by atoms with E-state index < -0.39 is 17.5 Å². The molecule has 2 radical (unpaired) electrons. The van der Waals surface area contributed by atoms with Gasteiger partial charge >= 0.3 is 0 Å². The smallest absolute Gasteiger partial charge is 0.139 e. The van der Waals surface area contributed by atoms with Crippen molar-refractivity contribution in [1.82, 2.24) is 0 Å². The fourth-order valence-electron chi connectivity index (χ4n) is 1.97. The van der Waals surface area contributed by atoms with Gasteiger partial charge in [-0.15, -0.1) is 0 Å². The van der Waals surface area contributed by atoms with Crippen LogP contribution in [0.4, 0.5) is 13.2 Å². The standard InChI is InChI=1S/C14H5F3/c15-11-5-6-12(16)14-9-4-2-1-3-8(9)13(17)7-10(11)14/h2-4,6-7H. The molecule has 0 N–H and O–H groups in total. The van der Waals surface area contributed by atoms with Crippen LogP contribution in [0, 0.1) is 29.6 Å². The Morgan fingerprint density at radius 3 is 2.53 bits per heavy atom. The van der Waals surface area contributed by atoms with E-state index in [1.54, 1.807) is 0 Å². The molecular formula is C14H5F3. The Kier molecular flexibility index (Phi) is 2.08. The number of rotatable bonds is 0. The number of hydrogen-bond acceptors (Lipinski definition) is 0. The molecule has 0 fully saturated rings. The molecule has 0 atom stereocenters. The maximum Gasteiger partial charge on any atom is 0.139 e. The van der Waals surface area contributed by atoms with E-state index in [1.807, 2.05) is 0 Å². The maximum absolute atomic E-state index is 13.7. The van der Waals surface area contributed by atoms with Gasteiger partial charge in [-0.05, 0) is 29.7 Å². The summed E-state index contributed by atoms with van der Waals surface area (Å²) < 4.78 is 40.9. The summed E-state index contributed by atoms with van der Waals surface area (Å²) in [5.74, 6) is -1.96. The number of benzene rings is 3. The topological polar surface area (TPSA) is 0 Å². The lowest BCUT2D eigenvalue weighted by Gasteiger charge is -2.06. The Labute approximate surface area is 95.3 Å². The Hall–Kier alpha value is -2.03. The van der Waals surface area contributed by atoms with E-state index in [2.05, 4.69) is 12.1 Å². The normalized spacial score (nSPS) is 11.2. The zero-order chi connectivity index (χ0) is 12.0. The summed E-state index contributed by atoms with van der Waals surface area (Å²) in [4.78, 5) is 0. The zero-order valence-corrected chi connectivity index (χ0v) is 8.52. The molecule has 0 aliphatic heterocycles. The van der Waals surface area contributed by atoms with Crippen molar-refractivity contribution < 1.29 is 13.2 Å². The van der Waals surface area contributed by atoms with Crippen LogP contribution >= 0.6 is 0 Å². The average Bonchev–Trinajstić information content (AvgIpc) is 2.34. The van der Waals surface area contributed by atoms with Crippen LogP contribution in [0.1, 0.15) is 0 Å². The van der Waals surface area contributed by atoms with Gasteiger partial charge < -0.3 is 0 Å². The van der Waals surface area contributed by atoms with Crippen molar-refractivity contribution in [3.8, 4) is 0 Å². The van der Waals surface area contributed by atoms with E-state index in [0.29, 0.717) is 5.39 Å². The first-order valence-corrected chi connectivity index (χ1v) is 4.96. The van der Waals surface area contributed by atoms with Gasteiger partial charge in [-0.2, -0.15) is 0 Å². The molecule has 3 aromatic rings. The molecule has 0 bridgehead atoms. The van der Waals surface area contributed by atoms with E-state index in [0.717, 1.165) is 12.1 Å². The van der Waals surface area contributed by atoms with Gasteiger partial charge in [0, 0.05) is 22.2 Å². The van der Waals surface area contributed by atoms with Gasteiger partial charge in [0.2, 0.25) is 0 Å². The first-order valence-electron chi connectivity index (χ1n) is 4.96. The van der Waals surface area contributed by atoms with E-state index in [9.17, 15) is 13.2 Å². The molecule has 0 heterocycles. The number of fused-ring (bicyclic) bond motifs is 3. The Morgan fingerprint density at radius 1 is 0.882 bits per heavy atom. The summed E-state index contributed by atoms with van der Waals surface area (Å²) >= 11 is 0. The summed E-state index contributed by atoms with van der Waals surface area (Å²) in [5, 5.41) is 0.543. The van der Waals surface area contributed by atoms with E-state index in [4.69, 9.17) is 0 Å². The highest BCUT2D eigenvalue weighted by molar-refractivity contribution is 6.08. The second-order valence-electron chi connectivity index (χ2n) is 3.70. The molecule has 3 aromatic carbocycles. The van der Waals surface area contributed by atoms with E-state index in [-0.39, 0.29) is 16.2 Å². The van der Waals surface area contributed by atoms with Crippen LogP contribution in [-0.2, 0) is 0 Å². The van der Waals surface area contributed by atoms with Crippen molar-refractivity contribution in [2.45, 2.75) is 0 Å². The average molecular weight is 230 g/mol. The summed E-state index contributed by atoms with van der Waals surface area (Å²) in [6.07, 6.45) is 0. The SMILES string of the molecule is Fc1cc2c(F)[c]cc(F)c2c2cc[c]cc12. The molecule has 0 nitrogen and oxygen atoms in total. The molecule has 82 valence electrons. The van der Waals surface area contributed by atoms with Crippen molar-refractivity contribution in [2.75, 3.05) is 0 Å². The number of halogens is 3. The summed E-state index contributed by atoms with van der Waals surface area (Å²) in [6, 6.07) is 11.2. The van der Waals surface area contributed by atoms with Crippen molar-refractivity contribution in [2.24, 2.45) is 0 Å². The fraction of sp³-hybridized carbons (Fsp3) is 0. The third-order valence-corrected chi connectivity index (χ3v) is 2.73. The lowest BCUT2D eigenvalue weighted by Crippen LogP contribution is -1.89. The van der Waals surface area contributed by atoms with Crippen molar-refractivity contribution in [3.05, 3.63) is 59.9 Å². The Balaban J connectivity index is 2.68. The van der Waals surface area contributed by atoms with Crippen LogP contribution in [0.3, 0.4) is 0 Å². The van der Waals surface area contributed by atoms with Gasteiger partial charge in [0.15, 0.2) is 0 Å². The van der Waals surface area contributed by atoms with Gasteiger partial charge in [0.1, 0.15) is 17.5 Å². The lowest BCUT2D eigenvalue weighted by molar-refractivity contribution is 0.612. The minimum absolute atomic E-state index is 0.0756. The summed E-state index contributed by atoms with van der Waals surface area (Å²) in [7, 11) is 0. The molecule has 3 rings (SSSR count). The Bertz CT molecular complexity index is 732. The van der Waals surface area contributed by atoms with Gasteiger partial charge in [-0.1, -0.05) is 12.1 Å². The fourth-order valence-corrected chi connectivity index (χ4v) is 1.97. The molecule has 0 saturated heterocycles. The van der Waals surface area contributed by atoms with Crippen molar-refractivity contribution in [1.29, 1.82) is 0 Å². The molecule has 0 aliphatic carbocycles. The van der Waals surface area contributed by atoms with Gasteiger partial charge in [0.25, 0.3) is 0 Å². The van der Waals surface area contributed by atoms with E-state index in [1.165, 1.54) is 18.2 Å². The number of hydrogen-bond donors (Lipinski definition) is 0. The van der Waals surface area contributed by atoms with Crippen LogP contribution in [0.15, 0.2) is 30.3 Å². The lowest BCUT2D eigenvalue weighted by atomic mass is 10.0. The molecular weight excluding hydrogens is 225 g/mol. The molecule has 17 heavy (non-hydrogen) atoms. The molecule has 3 heteroatoms. The van der Waals surface area contributed by atoms with Crippen molar-refractivity contribution in [3.63, 3.8) is 0 Å². The van der Waals surface area contributed by atoms with Crippen LogP contribution in [-0.4, -0.2) is 0 Å². The predicted octanol–water partition coefficient (Wildman–Crippen LogP) is 4.01. The quantitative estimate of drug-likeness (QED) is 0.512. The molecule has 0 saturated carbocycles. The summed E-state index contributed by atoms with van der Waals surface area (Å²) in [6.45, 7) is 0. The van der Waals surface area contributed by atoms with Gasteiger partial charge in [-0.3, -0.25) is 0 Å². The molecule has 0 amide bonds. The first-order chi connectivity index (χ1) is 8.18. The monoisotopic (exact) mass is 230 g/mol. The Morgan fingerprint density at radius 2 is 1.71 bits per heavy atom. The second kappa shape index (κ2) is 3.48. The third-order valence-electron chi connectivity index (χ3n) is 2.73. The molecule has 0 aliphatic rings. The van der Waals surface area contributed by atoms with Crippen molar-refractivity contribution >= 4 is 21.5 Å². The molecule has 0 aromatic heterocycles. The maximum atomic E-state index is 13.7. The highest BCUT2D eigenvalue weighted by Gasteiger charge is 2.12. The van der Waals surface area contributed by atoms with Crippen LogP contribution in [0.2, 0.25) is 0 Å². The van der Waals surface area contributed by atoms with Crippen LogP contribution in [0.25, 0.3) is 21.5 Å². The summed E-state index contributed by atoms with van der Waals surface area (Å²) in [5.41, 5.74) is 0. The highest BCUT2D eigenvalue weighted by Crippen LogP contribution is 2.30. The third kappa shape index (κ3) is 1.39.